The monoisotopic (exact) mass is 590 g/mol. The number of piperidine rings is 1. The summed E-state index contributed by atoms with van der Waals surface area (Å²) < 4.78 is 50.8. The molecule has 1 amide bonds. The molecule has 2 aromatic heterocycles. The first-order chi connectivity index (χ1) is 19.4. The van der Waals surface area contributed by atoms with Crippen molar-refractivity contribution >= 4 is 16.1 Å². The first-order valence-corrected chi connectivity index (χ1v) is 14.4. The first-order valence-electron chi connectivity index (χ1n) is 13.0. The topological polar surface area (TPSA) is 165 Å². The average molecular weight is 591 g/mol. The lowest BCUT2D eigenvalue weighted by atomic mass is 9.90. The standard InChI is InChI=1S/C25H31FN8O6S/c1-16-28-15-29-34(16)19-13-18(26)6-5-17(19)14-27-22(36)20-21(35)23(37)33-9-4-12-40-25(24(33)30-20)7-10-32(11-8-25)41(38,39)31(2)3/h5-6,13,15,35H,4,7-12,14H2,1-3H3,(H,27,36). The van der Waals surface area contributed by atoms with Crippen LogP contribution in [0.25, 0.3) is 5.69 Å². The SMILES string of the molecule is Cc1ncnn1-c1cc(F)ccc1CNC(=O)c1nc2n(c(=O)c1O)CCCOC21CCN(S(=O)(=O)N(C)C)CC1. The summed E-state index contributed by atoms with van der Waals surface area (Å²) in [5, 5.41) is 17.5. The van der Waals surface area contributed by atoms with Crippen molar-refractivity contribution in [2.45, 2.75) is 44.9 Å². The number of hydrogen-bond acceptors (Lipinski definition) is 9. The molecule has 0 saturated carbocycles. The second-order valence-electron chi connectivity index (χ2n) is 10.1. The van der Waals surface area contributed by atoms with E-state index < -0.39 is 44.5 Å². The van der Waals surface area contributed by atoms with Crippen LogP contribution in [0, 0.1) is 12.7 Å². The first kappa shape index (κ1) is 28.8. The molecule has 0 bridgehead atoms. The van der Waals surface area contributed by atoms with Crippen LogP contribution in [-0.2, 0) is 33.6 Å². The van der Waals surface area contributed by atoms with Gasteiger partial charge >= 0.3 is 0 Å². The number of aryl methyl sites for hydroxylation is 1. The van der Waals surface area contributed by atoms with Gasteiger partial charge in [-0.3, -0.25) is 14.2 Å². The van der Waals surface area contributed by atoms with Crippen molar-refractivity contribution in [3.63, 3.8) is 0 Å². The molecule has 1 fully saturated rings. The number of nitrogens with zero attached hydrogens (tertiary/aromatic N) is 7. The Morgan fingerprint density at radius 2 is 1.98 bits per heavy atom. The van der Waals surface area contributed by atoms with Gasteiger partial charge < -0.3 is 15.2 Å². The summed E-state index contributed by atoms with van der Waals surface area (Å²) in [6.07, 6.45) is 2.20. The normalized spacial score (nSPS) is 17.4. The summed E-state index contributed by atoms with van der Waals surface area (Å²) in [5.74, 6) is -1.44. The Labute approximate surface area is 235 Å². The maximum Gasteiger partial charge on any atom is 0.296 e. The highest BCUT2D eigenvalue weighted by atomic mass is 32.2. The van der Waals surface area contributed by atoms with E-state index in [1.165, 1.54) is 52.2 Å². The van der Waals surface area contributed by atoms with Gasteiger partial charge in [-0.1, -0.05) is 6.07 Å². The predicted molar refractivity (Wildman–Crippen MR) is 143 cm³/mol. The Morgan fingerprint density at radius 1 is 1.24 bits per heavy atom. The van der Waals surface area contributed by atoms with Gasteiger partial charge in [0.25, 0.3) is 21.7 Å². The fraction of sp³-hybridized carbons (Fsp3) is 0.480. The van der Waals surface area contributed by atoms with Crippen LogP contribution < -0.4 is 10.9 Å². The van der Waals surface area contributed by atoms with Crippen LogP contribution in [0.2, 0.25) is 0 Å². The van der Waals surface area contributed by atoms with Crippen LogP contribution >= 0.6 is 0 Å². The quantitative estimate of drug-likeness (QED) is 0.414. The minimum Gasteiger partial charge on any atom is -0.501 e. The molecule has 0 radical (unpaired) electrons. The number of aromatic nitrogens is 5. The van der Waals surface area contributed by atoms with Crippen molar-refractivity contribution in [2.75, 3.05) is 33.8 Å². The van der Waals surface area contributed by atoms with Crippen molar-refractivity contribution in [1.29, 1.82) is 0 Å². The summed E-state index contributed by atoms with van der Waals surface area (Å²) in [7, 11) is -0.748. The van der Waals surface area contributed by atoms with Gasteiger partial charge in [-0.05, 0) is 43.9 Å². The van der Waals surface area contributed by atoms with E-state index >= 15 is 0 Å². The summed E-state index contributed by atoms with van der Waals surface area (Å²) in [5.41, 5.74) is -1.50. The van der Waals surface area contributed by atoms with Crippen LogP contribution in [0.5, 0.6) is 5.75 Å². The molecular weight excluding hydrogens is 559 g/mol. The third-order valence-electron chi connectivity index (χ3n) is 7.42. The number of aromatic hydroxyl groups is 1. The van der Waals surface area contributed by atoms with E-state index in [0.717, 1.165) is 4.31 Å². The lowest BCUT2D eigenvalue weighted by Crippen LogP contribution is -2.51. The van der Waals surface area contributed by atoms with E-state index in [1.54, 1.807) is 6.92 Å². The van der Waals surface area contributed by atoms with Gasteiger partial charge in [0, 0.05) is 46.9 Å². The van der Waals surface area contributed by atoms with Gasteiger partial charge in [-0.25, -0.2) is 19.0 Å². The van der Waals surface area contributed by atoms with Crippen molar-refractivity contribution < 1.29 is 27.4 Å². The maximum atomic E-state index is 14.0. The van der Waals surface area contributed by atoms with E-state index in [4.69, 9.17) is 4.74 Å². The smallest absolute Gasteiger partial charge is 0.296 e. The minimum absolute atomic E-state index is 0.0910. The fourth-order valence-corrected chi connectivity index (χ4v) is 6.27. The number of nitrogens with one attached hydrogen (secondary N) is 1. The maximum absolute atomic E-state index is 14.0. The van der Waals surface area contributed by atoms with Gasteiger partial charge in [0.05, 0.1) is 5.69 Å². The van der Waals surface area contributed by atoms with E-state index in [0.29, 0.717) is 30.1 Å². The van der Waals surface area contributed by atoms with Crippen molar-refractivity contribution in [3.8, 4) is 11.4 Å². The highest BCUT2D eigenvalue weighted by Crippen LogP contribution is 2.38. The van der Waals surface area contributed by atoms with Gasteiger partial charge in [0.15, 0.2) is 5.69 Å². The number of hydrogen-bond donors (Lipinski definition) is 2. The molecule has 1 aromatic carbocycles. The molecule has 1 saturated heterocycles. The van der Waals surface area contributed by atoms with Crippen LogP contribution in [-0.4, -0.2) is 86.1 Å². The number of ether oxygens (including phenoxy) is 1. The molecule has 14 nitrogen and oxygen atoms in total. The Kier molecular flexibility index (Phi) is 7.67. The van der Waals surface area contributed by atoms with Crippen LogP contribution in [0.1, 0.15) is 47.0 Å². The van der Waals surface area contributed by atoms with Gasteiger partial charge in [-0.15, -0.1) is 0 Å². The molecule has 0 unspecified atom stereocenters. The summed E-state index contributed by atoms with van der Waals surface area (Å²) in [4.78, 5) is 35.1. The molecule has 2 N–H and O–H groups in total. The highest BCUT2D eigenvalue weighted by Gasteiger charge is 2.45. The van der Waals surface area contributed by atoms with E-state index in [-0.39, 0.29) is 44.8 Å². The molecule has 5 rings (SSSR count). The van der Waals surface area contributed by atoms with Crippen molar-refractivity contribution in [3.05, 3.63) is 63.6 Å². The second-order valence-corrected chi connectivity index (χ2v) is 12.3. The molecule has 16 heteroatoms. The summed E-state index contributed by atoms with van der Waals surface area (Å²) in [6.45, 7) is 2.35. The molecule has 1 spiro atoms. The zero-order chi connectivity index (χ0) is 29.5. The highest BCUT2D eigenvalue weighted by molar-refractivity contribution is 7.86. The Balaban J connectivity index is 1.45. The third kappa shape index (κ3) is 5.23. The number of rotatable bonds is 6. The molecule has 0 atom stereocenters. The Bertz CT molecular complexity index is 1650. The third-order valence-corrected chi connectivity index (χ3v) is 9.36. The number of halogens is 1. The van der Waals surface area contributed by atoms with Crippen LogP contribution in [0.4, 0.5) is 4.39 Å². The van der Waals surface area contributed by atoms with E-state index in [2.05, 4.69) is 20.4 Å². The zero-order valence-electron chi connectivity index (χ0n) is 22.9. The van der Waals surface area contributed by atoms with Gasteiger partial charge in [-0.2, -0.15) is 22.1 Å². The average Bonchev–Trinajstić information content (AvgIpc) is 3.29. The molecule has 2 aliphatic rings. The lowest BCUT2D eigenvalue weighted by molar-refractivity contribution is -0.0829. The van der Waals surface area contributed by atoms with Crippen molar-refractivity contribution in [2.24, 2.45) is 0 Å². The van der Waals surface area contributed by atoms with E-state index in [9.17, 15) is 27.5 Å². The zero-order valence-corrected chi connectivity index (χ0v) is 23.7. The fourth-order valence-electron chi connectivity index (χ4n) is 5.17. The van der Waals surface area contributed by atoms with Gasteiger partial charge in [0.1, 0.15) is 29.4 Å². The number of carbonyl (C=O) groups excluding carboxylic acids is 1. The minimum atomic E-state index is -3.65. The van der Waals surface area contributed by atoms with Crippen LogP contribution in [0.15, 0.2) is 29.3 Å². The number of carbonyl (C=O) groups is 1. The summed E-state index contributed by atoms with van der Waals surface area (Å²) in [6, 6.07) is 3.99. The molecule has 3 aromatic rings. The summed E-state index contributed by atoms with van der Waals surface area (Å²) >= 11 is 0. The second kappa shape index (κ2) is 10.9. The molecule has 4 heterocycles. The predicted octanol–water partition coefficient (Wildman–Crippen LogP) is 0.425. The molecule has 41 heavy (non-hydrogen) atoms. The largest absolute Gasteiger partial charge is 0.501 e. The van der Waals surface area contributed by atoms with E-state index in [1.807, 2.05) is 0 Å². The van der Waals surface area contributed by atoms with Crippen molar-refractivity contribution in [1.82, 2.24) is 38.2 Å². The van der Waals surface area contributed by atoms with Gasteiger partial charge in [0.2, 0.25) is 5.75 Å². The molecular formula is C25H31FN8O6S. The molecule has 220 valence electrons. The number of benzene rings is 1. The molecule has 0 aliphatic carbocycles. The van der Waals surface area contributed by atoms with Crippen LogP contribution in [0.3, 0.4) is 0 Å². The molecule has 2 aliphatic heterocycles. The number of amides is 1. The Morgan fingerprint density at radius 3 is 2.63 bits per heavy atom. The Hall–Kier alpha value is -3.73. The number of fused-ring (bicyclic) bond motifs is 2. The lowest BCUT2D eigenvalue weighted by Gasteiger charge is -2.40.